The first-order valence-electron chi connectivity index (χ1n) is 3.24. The second-order valence-corrected chi connectivity index (χ2v) is 3.60. The first-order chi connectivity index (χ1) is 5.06. The van der Waals surface area contributed by atoms with E-state index in [1.165, 1.54) is 6.26 Å². The fourth-order valence-electron chi connectivity index (χ4n) is 0.553. The standard InChI is InChI=1S/C6H12O4S/c1-2-10-5-3-4-6-11(7,8)9/h2H,1,3-6H2,(H,7,8,9). The van der Waals surface area contributed by atoms with E-state index in [9.17, 15) is 8.42 Å². The number of hydrogen-bond donors (Lipinski definition) is 1. The Morgan fingerprint density at radius 3 is 2.55 bits per heavy atom. The van der Waals surface area contributed by atoms with Crippen LogP contribution in [0.3, 0.4) is 0 Å². The maximum atomic E-state index is 10.2. The van der Waals surface area contributed by atoms with Crippen LogP contribution in [-0.2, 0) is 14.9 Å². The van der Waals surface area contributed by atoms with Gasteiger partial charge in [-0.05, 0) is 12.8 Å². The van der Waals surface area contributed by atoms with Crippen molar-refractivity contribution in [1.82, 2.24) is 0 Å². The van der Waals surface area contributed by atoms with E-state index >= 15 is 0 Å². The van der Waals surface area contributed by atoms with Gasteiger partial charge in [-0.25, -0.2) is 0 Å². The van der Waals surface area contributed by atoms with Crippen molar-refractivity contribution in [2.75, 3.05) is 12.4 Å². The zero-order valence-corrected chi connectivity index (χ0v) is 7.01. The smallest absolute Gasteiger partial charge is 0.264 e. The molecule has 0 rings (SSSR count). The van der Waals surface area contributed by atoms with E-state index in [0.717, 1.165) is 0 Å². The van der Waals surface area contributed by atoms with Crippen molar-refractivity contribution in [3.05, 3.63) is 12.8 Å². The van der Waals surface area contributed by atoms with Crippen molar-refractivity contribution in [1.29, 1.82) is 0 Å². The third-order valence-corrected chi connectivity index (χ3v) is 1.84. The van der Waals surface area contributed by atoms with Crippen molar-refractivity contribution >= 4 is 10.1 Å². The summed E-state index contributed by atoms with van der Waals surface area (Å²) >= 11 is 0. The highest BCUT2D eigenvalue weighted by Crippen LogP contribution is 1.94. The van der Waals surface area contributed by atoms with Gasteiger partial charge in [-0.2, -0.15) is 8.42 Å². The maximum absolute atomic E-state index is 10.2. The highest BCUT2D eigenvalue weighted by Gasteiger charge is 2.02. The third kappa shape index (κ3) is 9.45. The van der Waals surface area contributed by atoms with Gasteiger partial charge in [-0.15, -0.1) is 0 Å². The molecule has 0 amide bonds. The monoisotopic (exact) mass is 180 g/mol. The summed E-state index contributed by atoms with van der Waals surface area (Å²) in [5.41, 5.74) is 0. The second kappa shape index (κ2) is 5.15. The van der Waals surface area contributed by atoms with Crippen molar-refractivity contribution in [3.8, 4) is 0 Å². The van der Waals surface area contributed by atoms with Gasteiger partial charge in [0.25, 0.3) is 10.1 Å². The molecule has 0 atom stereocenters. The summed E-state index contributed by atoms with van der Waals surface area (Å²) < 4.78 is 33.3. The second-order valence-electron chi connectivity index (χ2n) is 2.03. The molecule has 0 saturated heterocycles. The molecule has 0 spiro atoms. The zero-order chi connectivity index (χ0) is 8.74. The molecular weight excluding hydrogens is 168 g/mol. The van der Waals surface area contributed by atoms with Crippen LogP contribution in [0.5, 0.6) is 0 Å². The Morgan fingerprint density at radius 1 is 1.45 bits per heavy atom. The largest absolute Gasteiger partial charge is 0.502 e. The highest BCUT2D eigenvalue weighted by atomic mass is 32.2. The number of unbranched alkanes of at least 4 members (excludes halogenated alkanes) is 1. The van der Waals surface area contributed by atoms with Crippen molar-refractivity contribution in [2.24, 2.45) is 0 Å². The normalized spacial score (nSPS) is 11.0. The fourth-order valence-corrected chi connectivity index (χ4v) is 1.12. The lowest BCUT2D eigenvalue weighted by Crippen LogP contribution is -2.04. The number of ether oxygens (including phenoxy) is 1. The van der Waals surface area contributed by atoms with Crippen LogP contribution in [0.25, 0.3) is 0 Å². The van der Waals surface area contributed by atoms with Gasteiger partial charge in [0.1, 0.15) is 0 Å². The molecule has 0 aliphatic carbocycles. The lowest BCUT2D eigenvalue weighted by atomic mass is 10.4. The Morgan fingerprint density at radius 2 is 2.09 bits per heavy atom. The average molecular weight is 180 g/mol. The maximum Gasteiger partial charge on any atom is 0.264 e. The van der Waals surface area contributed by atoms with E-state index in [2.05, 4.69) is 6.58 Å². The molecule has 0 aliphatic rings. The molecule has 0 unspecified atom stereocenters. The summed E-state index contributed by atoms with van der Waals surface area (Å²) in [5.74, 6) is -0.201. The van der Waals surface area contributed by atoms with E-state index in [4.69, 9.17) is 9.29 Å². The van der Waals surface area contributed by atoms with Crippen LogP contribution in [0.1, 0.15) is 12.8 Å². The van der Waals surface area contributed by atoms with Crippen LogP contribution in [0.15, 0.2) is 12.8 Å². The quantitative estimate of drug-likeness (QED) is 0.373. The molecule has 0 saturated carbocycles. The van der Waals surface area contributed by atoms with Crippen molar-refractivity contribution in [2.45, 2.75) is 12.8 Å². The summed E-state index contributed by atoms with van der Waals surface area (Å²) in [5, 5.41) is 0. The van der Waals surface area contributed by atoms with Gasteiger partial charge in [0, 0.05) is 0 Å². The predicted molar refractivity (Wildman–Crippen MR) is 41.8 cm³/mol. The molecule has 0 aromatic rings. The Hall–Kier alpha value is -0.550. The highest BCUT2D eigenvalue weighted by molar-refractivity contribution is 7.85. The molecular formula is C6H12O4S. The summed E-state index contributed by atoms with van der Waals surface area (Å²) in [4.78, 5) is 0. The Balaban J connectivity index is 3.22. The first-order valence-corrected chi connectivity index (χ1v) is 4.85. The lowest BCUT2D eigenvalue weighted by molar-refractivity contribution is 0.245. The van der Waals surface area contributed by atoms with Crippen LogP contribution < -0.4 is 0 Å². The summed E-state index contributed by atoms with van der Waals surface area (Å²) in [6.07, 6.45) is 2.31. The molecule has 0 bridgehead atoms. The molecule has 11 heavy (non-hydrogen) atoms. The Bertz CT molecular complexity index is 195. The van der Waals surface area contributed by atoms with Crippen molar-refractivity contribution in [3.63, 3.8) is 0 Å². The van der Waals surface area contributed by atoms with Gasteiger partial charge in [-0.1, -0.05) is 6.58 Å². The molecule has 0 heterocycles. The topological polar surface area (TPSA) is 63.6 Å². The van der Waals surface area contributed by atoms with Gasteiger partial charge < -0.3 is 4.74 Å². The van der Waals surface area contributed by atoms with Gasteiger partial charge in [-0.3, -0.25) is 4.55 Å². The van der Waals surface area contributed by atoms with Crippen LogP contribution in [0, 0.1) is 0 Å². The molecule has 1 N–H and O–H groups in total. The Labute approximate surface area is 66.6 Å². The zero-order valence-electron chi connectivity index (χ0n) is 6.19. The van der Waals surface area contributed by atoms with E-state index in [0.29, 0.717) is 19.4 Å². The summed E-state index contributed by atoms with van der Waals surface area (Å²) in [6, 6.07) is 0. The molecule has 0 radical (unpaired) electrons. The predicted octanol–water partition coefficient (Wildman–Crippen LogP) is 0.815. The van der Waals surface area contributed by atoms with Gasteiger partial charge in [0.05, 0.1) is 18.6 Å². The SMILES string of the molecule is C=COCCCCS(=O)(=O)O. The van der Waals surface area contributed by atoms with Gasteiger partial charge in [0.2, 0.25) is 0 Å². The van der Waals surface area contributed by atoms with Crippen LogP contribution >= 0.6 is 0 Å². The first kappa shape index (κ1) is 10.4. The van der Waals surface area contributed by atoms with Crippen LogP contribution in [-0.4, -0.2) is 25.3 Å². The van der Waals surface area contributed by atoms with Gasteiger partial charge in [0.15, 0.2) is 0 Å². The average Bonchev–Trinajstić information content (AvgIpc) is 1.85. The third-order valence-electron chi connectivity index (χ3n) is 1.03. The van der Waals surface area contributed by atoms with Gasteiger partial charge >= 0.3 is 0 Å². The van der Waals surface area contributed by atoms with E-state index < -0.39 is 10.1 Å². The summed E-state index contributed by atoms with van der Waals surface area (Å²) in [7, 11) is -3.79. The molecule has 4 nitrogen and oxygen atoms in total. The van der Waals surface area contributed by atoms with Crippen molar-refractivity contribution < 1.29 is 17.7 Å². The molecule has 66 valence electrons. The number of hydrogen-bond acceptors (Lipinski definition) is 3. The lowest BCUT2D eigenvalue weighted by Gasteiger charge is -1.98. The van der Waals surface area contributed by atoms with Crippen LogP contribution in [0.4, 0.5) is 0 Å². The van der Waals surface area contributed by atoms with Crippen LogP contribution in [0.2, 0.25) is 0 Å². The minimum absolute atomic E-state index is 0.201. The Kier molecular flexibility index (Phi) is 4.89. The van der Waals surface area contributed by atoms with E-state index in [-0.39, 0.29) is 5.75 Å². The molecule has 0 fully saturated rings. The molecule has 0 aliphatic heterocycles. The molecule has 0 aromatic heterocycles. The summed E-state index contributed by atoms with van der Waals surface area (Å²) in [6.45, 7) is 3.76. The fraction of sp³-hybridized carbons (Fsp3) is 0.667. The van der Waals surface area contributed by atoms with E-state index in [1.54, 1.807) is 0 Å². The minimum atomic E-state index is -3.79. The molecule has 5 heteroatoms. The minimum Gasteiger partial charge on any atom is -0.502 e. The molecule has 0 aromatic carbocycles. The number of rotatable bonds is 6. The van der Waals surface area contributed by atoms with E-state index in [1.807, 2.05) is 0 Å².